The second kappa shape index (κ2) is 6.56. The topological polar surface area (TPSA) is 66.7 Å². The fourth-order valence-electron chi connectivity index (χ4n) is 2.24. The van der Waals surface area contributed by atoms with Crippen molar-refractivity contribution in [3.63, 3.8) is 0 Å². The van der Waals surface area contributed by atoms with Crippen molar-refractivity contribution in [3.05, 3.63) is 34.4 Å². The van der Waals surface area contributed by atoms with Crippen LogP contribution in [0.4, 0.5) is 11.4 Å². The molecule has 0 aromatic heterocycles. The van der Waals surface area contributed by atoms with E-state index in [-0.39, 0.29) is 11.6 Å². The Bertz CT molecular complexity index is 484. The van der Waals surface area contributed by atoms with Crippen molar-refractivity contribution >= 4 is 28.9 Å². The summed E-state index contributed by atoms with van der Waals surface area (Å²) < 4.78 is 0. The zero-order chi connectivity index (χ0) is 14.5. The number of nitro groups is 1. The second-order valence-corrected chi connectivity index (χ2v) is 4.96. The summed E-state index contributed by atoms with van der Waals surface area (Å²) in [7, 11) is 0. The van der Waals surface area contributed by atoms with Gasteiger partial charge in [-0.05, 0) is 12.1 Å². The molecule has 1 amide bonds. The fraction of sp³-hybridized carbons (Fsp3) is 0.462. The van der Waals surface area contributed by atoms with Crippen LogP contribution < -0.4 is 4.90 Å². The summed E-state index contributed by atoms with van der Waals surface area (Å²) in [5.74, 6) is 0.435. The molecule has 20 heavy (non-hydrogen) atoms. The first-order valence-corrected chi connectivity index (χ1v) is 6.98. The maximum atomic E-state index is 11.7. The summed E-state index contributed by atoms with van der Waals surface area (Å²) in [6.07, 6.45) is 0.374. The standard InChI is InChI=1S/C13H16ClN3O3/c14-6-5-13(18)16-9-7-15(8-10-16)11-1-3-12(4-2-11)17(19)20/h1-4H,5-10H2. The fourth-order valence-corrected chi connectivity index (χ4v) is 2.40. The Labute approximate surface area is 122 Å². The van der Waals surface area contributed by atoms with E-state index in [1.54, 1.807) is 12.1 Å². The van der Waals surface area contributed by atoms with E-state index in [0.29, 0.717) is 25.4 Å². The van der Waals surface area contributed by atoms with Gasteiger partial charge in [-0.1, -0.05) is 0 Å². The van der Waals surface area contributed by atoms with Crippen LogP contribution in [-0.4, -0.2) is 47.8 Å². The van der Waals surface area contributed by atoms with Crippen molar-refractivity contribution < 1.29 is 9.72 Å². The summed E-state index contributed by atoms with van der Waals surface area (Å²) in [5.41, 5.74) is 1.03. The van der Waals surface area contributed by atoms with Gasteiger partial charge in [-0.15, -0.1) is 11.6 Å². The molecule has 0 bridgehead atoms. The van der Waals surface area contributed by atoms with Crippen LogP contribution in [0.15, 0.2) is 24.3 Å². The first-order valence-electron chi connectivity index (χ1n) is 6.45. The summed E-state index contributed by atoms with van der Waals surface area (Å²) in [5, 5.41) is 10.6. The second-order valence-electron chi connectivity index (χ2n) is 4.58. The van der Waals surface area contributed by atoms with E-state index in [1.807, 2.05) is 4.90 Å². The van der Waals surface area contributed by atoms with Crippen LogP contribution in [0.2, 0.25) is 0 Å². The lowest BCUT2D eigenvalue weighted by atomic mass is 10.2. The minimum Gasteiger partial charge on any atom is -0.368 e. The van der Waals surface area contributed by atoms with Gasteiger partial charge in [0.05, 0.1) is 4.92 Å². The molecule has 1 heterocycles. The lowest BCUT2D eigenvalue weighted by molar-refractivity contribution is -0.384. The maximum absolute atomic E-state index is 11.7. The SMILES string of the molecule is O=C(CCCl)N1CCN(c2ccc([N+](=O)[O-])cc2)CC1. The number of piperazine rings is 1. The van der Waals surface area contributed by atoms with Gasteiger partial charge in [-0.25, -0.2) is 0 Å². The van der Waals surface area contributed by atoms with Crippen molar-refractivity contribution in [3.8, 4) is 0 Å². The van der Waals surface area contributed by atoms with Gasteiger partial charge in [0, 0.05) is 56.3 Å². The average Bonchev–Trinajstić information content (AvgIpc) is 2.48. The minimum atomic E-state index is -0.410. The molecule has 0 unspecified atom stereocenters. The normalized spacial score (nSPS) is 15.2. The number of benzene rings is 1. The molecular formula is C13H16ClN3O3. The summed E-state index contributed by atoms with van der Waals surface area (Å²) in [4.78, 5) is 25.8. The Morgan fingerprint density at radius 3 is 2.30 bits per heavy atom. The third kappa shape index (κ3) is 3.39. The lowest BCUT2D eigenvalue weighted by Crippen LogP contribution is -2.48. The van der Waals surface area contributed by atoms with Crippen molar-refractivity contribution in [2.75, 3.05) is 37.0 Å². The number of carbonyl (C=O) groups is 1. The number of rotatable bonds is 4. The molecule has 0 radical (unpaired) electrons. The highest BCUT2D eigenvalue weighted by atomic mass is 35.5. The van der Waals surface area contributed by atoms with Crippen LogP contribution in [0.5, 0.6) is 0 Å². The maximum Gasteiger partial charge on any atom is 0.269 e. The van der Waals surface area contributed by atoms with Crippen LogP contribution in [0.1, 0.15) is 6.42 Å². The smallest absolute Gasteiger partial charge is 0.269 e. The Morgan fingerprint density at radius 1 is 1.20 bits per heavy atom. The monoisotopic (exact) mass is 297 g/mol. The summed E-state index contributed by atoms with van der Waals surface area (Å²) >= 11 is 5.57. The van der Waals surface area contributed by atoms with E-state index in [9.17, 15) is 14.9 Å². The van der Waals surface area contributed by atoms with Gasteiger partial charge in [-0.3, -0.25) is 14.9 Å². The number of hydrogen-bond donors (Lipinski definition) is 0. The van der Waals surface area contributed by atoms with Crippen molar-refractivity contribution in [2.24, 2.45) is 0 Å². The Morgan fingerprint density at radius 2 is 1.80 bits per heavy atom. The Hall–Kier alpha value is -1.82. The zero-order valence-electron chi connectivity index (χ0n) is 11.0. The molecule has 2 rings (SSSR count). The molecule has 1 saturated heterocycles. The van der Waals surface area contributed by atoms with Crippen molar-refractivity contribution in [1.29, 1.82) is 0 Å². The number of halogens is 1. The summed E-state index contributed by atoms with van der Waals surface area (Å²) in [6.45, 7) is 2.77. The third-order valence-electron chi connectivity index (χ3n) is 3.37. The highest BCUT2D eigenvalue weighted by molar-refractivity contribution is 6.18. The van der Waals surface area contributed by atoms with Crippen molar-refractivity contribution in [1.82, 2.24) is 4.90 Å². The molecule has 1 aliphatic rings. The summed E-state index contributed by atoms with van der Waals surface area (Å²) in [6, 6.07) is 6.49. The van der Waals surface area contributed by atoms with E-state index >= 15 is 0 Å². The predicted octanol–water partition coefficient (Wildman–Crippen LogP) is 1.87. The van der Waals surface area contributed by atoms with Crippen LogP contribution >= 0.6 is 11.6 Å². The molecule has 7 heteroatoms. The molecule has 0 N–H and O–H groups in total. The van der Waals surface area contributed by atoms with E-state index in [4.69, 9.17) is 11.6 Å². The predicted molar refractivity (Wildman–Crippen MR) is 77.2 cm³/mol. The number of non-ortho nitro benzene ring substituents is 1. The van der Waals surface area contributed by atoms with E-state index < -0.39 is 4.92 Å². The molecule has 6 nitrogen and oxygen atoms in total. The number of hydrogen-bond acceptors (Lipinski definition) is 4. The number of amides is 1. The molecule has 0 aliphatic carbocycles. The quantitative estimate of drug-likeness (QED) is 0.483. The number of alkyl halides is 1. The zero-order valence-corrected chi connectivity index (χ0v) is 11.8. The molecule has 108 valence electrons. The van der Waals surface area contributed by atoms with Gasteiger partial charge in [0.1, 0.15) is 0 Å². The van der Waals surface area contributed by atoms with E-state index in [2.05, 4.69) is 4.90 Å². The van der Waals surface area contributed by atoms with Crippen LogP contribution in [0.3, 0.4) is 0 Å². The number of nitro benzene ring substituents is 1. The van der Waals surface area contributed by atoms with Gasteiger partial charge < -0.3 is 9.80 Å². The minimum absolute atomic E-state index is 0.0864. The molecule has 1 aliphatic heterocycles. The molecule has 0 spiro atoms. The number of nitrogens with zero attached hydrogens (tertiary/aromatic N) is 3. The van der Waals surface area contributed by atoms with Crippen LogP contribution in [-0.2, 0) is 4.79 Å². The Balaban J connectivity index is 1.93. The molecular weight excluding hydrogens is 282 g/mol. The van der Waals surface area contributed by atoms with E-state index in [0.717, 1.165) is 18.8 Å². The highest BCUT2D eigenvalue weighted by Crippen LogP contribution is 2.20. The average molecular weight is 298 g/mol. The van der Waals surface area contributed by atoms with Crippen LogP contribution in [0.25, 0.3) is 0 Å². The molecule has 1 aromatic rings. The highest BCUT2D eigenvalue weighted by Gasteiger charge is 2.21. The molecule has 1 aromatic carbocycles. The van der Waals surface area contributed by atoms with Gasteiger partial charge in [0.25, 0.3) is 5.69 Å². The third-order valence-corrected chi connectivity index (χ3v) is 3.56. The molecule has 0 atom stereocenters. The van der Waals surface area contributed by atoms with Crippen molar-refractivity contribution in [2.45, 2.75) is 6.42 Å². The lowest BCUT2D eigenvalue weighted by Gasteiger charge is -2.36. The molecule has 0 saturated carbocycles. The van der Waals surface area contributed by atoms with Gasteiger partial charge >= 0.3 is 0 Å². The van der Waals surface area contributed by atoms with Gasteiger partial charge in [-0.2, -0.15) is 0 Å². The van der Waals surface area contributed by atoms with Gasteiger partial charge in [0.15, 0.2) is 0 Å². The van der Waals surface area contributed by atoms with Crippen LogP contribution in [0, 0.1) is 10.1 Å². The number of anilines is 1. The Kier molecular flexibility index (Phi) is 4.79. The first-order chi connectivity index (χ1) is 9.61. The first kappa shape index (κ1) is 14.6. The molecule has 1 fully saturated rings. The largest absolute Gasteiger partial charge is 0.368 e. The number of carbonyl (C=O) groups excluding carboxylic acids is 1. The van der Waals surface area contributed by atoms with Gasteiger partial charge in [0.2, 0.25) is 5.91 Å². The van der Waals surface area contributed by atoms with E-state index in [1.165, 1.54) is 12.1 Å².